The largest absolute Gasteiger partial charge is 0.481 e. The second-order valence-corrected chi connectivity index (χ2v) is 8.71. The monoisotopic (exact) mass is 465 g/mol. The molecule has 4 rings (SSSR count). The number of hydrogen-bond acceptors (Lipinski definition) is 6. The number of aromatic nitrogens is 1. The highest BCUT2D eigenvalue weighted by atomic mass is 32.1. The number of nitrogens with zero attached hydrogens (tertiary/aromatic N) is 2. The standard InChI is InChI=1S/C24H23N3O5S/c1-27(13-15-10-11-25-33-15)23(30)21(12-22(28)29)26-24(31)32-14-20-18-8-4-2-6-16(18)17-7-3-5-9-19(17)20/h2-11,20-21H,12-14H2,1H3,(H,26,31)(H,28,29). The molecule has 9 heteroatoms. The predicted octanol–water partition coefficient (Wildman–Crippen LogP) is 3.48. The molecular formula is C24H23N3O5S. The summed E-state index contributed by atoms with van der Waals surface area (Å²) < 4.78 is 9.46. The Bertz CT molecular complexity index is 1120. The first-order valence-corrected chi connectivity index (χ1v) is 11.2. The van der Waals surface area contributed by atoms with Gasteiger partial charge in [-0.1, -0.05) is 48.5 Å². The fraction of sp³-hybridized carbons (Fsp3) is 0.250. The molecule has 2 amide bonds. The fourth-order valence-electron chi connectivity index (χ4n) is 4.06. The number of rotatable bonds is 8. The van der Waals surface area contributed by atoms with Crippen molar-refractivity contribution in [2.45, 2.75) is 24.9 Å². The average Bonchev–Trinajstić information content (AvgIpc) is 3.42. The zero-order valence-electron chi connectivity index (χ0n) is 17.9. The van der Waals surface area contributed by atoms with Gasteiger partial charge in [0, 0.05) is 24.0 Å². The van der Waals surface area contributed by atoms with Crippen LogP contribution in [0.5, 0.6) is 0 Å². The summed E-state index contributed by atoms with van der Waals surface area (Å²) in [6.07, 6.45) is 0.251. The molecule has 170 valence electrons. The Kier molecular flexibility index (Phi) is 6.69. The van der Waals surface area contributed by atoms with Gasteiger partial charge < -0.3 is 20.1 Å². The van der Waals surface area contributed by atoms with Crippen molar-refractivity contribution in [1.29, 1.82) is 0 Å². The lowest BCUT2D eigenvalue weighted by Crippen LogP contribution is -2.48. The first-order chi connectivity index (χ1) is 15.9. The van der Waals surface area contributed by atoms with Gasteiger partial charge in [0.05, 0.1) is 13.0 Å². The Hall–Kier alpha value is -3.72. The van der Waals surface area contributed by atoms with Crippen LogP contribution >= 0.6 is 11.5 Å². The Morgan fingerprint density at radius 3 is 2.30 bits per heavy atom. The van der Waals surface area contributed by atoms with Gasteiger partial charge in [0.25, 0.3) is 0 Å². The zero-order chi connectivity index (χ0) is 23.4. The molecule has 1 aliphatic carbocycles. The lowest BCUT2D eigenvalue weighted by molar-refractivity contribution is -0.142. The summed E-state index contributed by atoms with van der Waals surface area (Å²) in [5.74, 6) is -1.84. The maximum atomic E-state index is 12.8. The number of carbonyl (C=O) groups excluding carboxylic acids is 2. The maximum Gasteiger partial charge on any atom is 0.407 e. The highest BCUT2D eigenvalue weighted by Gasteiger charge is 2.31. The summed E-state index contributed by atoms with van der Waals surface area (Å²) in [5.41, 5.74) is 4.33. The second kappa shape index (κ2) is 9.83. The Labute approximate surface area is 195 Å². The van der Waals surface area contributed by atoms with Gasteiger partial charge in [0.1, 0.15) is 12.6 Å². The van der Waals surface area contributed by atoms with Crippen LogP contribution in [0.1, 0.15) is 28.3 Å². The molecule has 0 spiro atoms. The van der Waals surface area contributed by atoms with Gasteiger partial charge in [0.2, 0.25) is 5.91 Å². The minimum atomic E-state index is -1.24. The van der Waals surface area contributed by atoms with Crippen molar-refractivity contribution in [3.8, 4) is 11.1 Å². The van der Waals surface area contributed by atoms with Crippen molar-refractivity contribution in [1.82, 2.24) is 14.6 Å². The van der Waals surface area contributed by atoms with Gasteiger partial charge in [-0.2, -0.15) is 0 Å². The van der Waals surface area contributed by atoms with E-state index in [0.29, 0.717) is 0 Å². The van der Waals surface area contributed by atoms with Gasteiger partial charge in [-0.25, -0.2) is 9.17 Å². The molecule has 2 N–H and O–H groups in total. The number of nitrogens with one attached hydrogen (secondary N) is 1. The average molecular weight is 466 g/mol. The van der Waals surface area contributed by atoms with Crippen LogP contribution in [0.25, 0.3) is 11.1 Å². The minimum absolute atomic E-state index is 0.0740. The third-order valence-electron chi connectivity index (χ3n) is 5.57. The maximum absolute atomic E-state index is 12.8. The van der Waals surface area contributed by atoms with Crippen LogP contribution in [-0.4, -0.2) is 52.0 Å². The molecule has 0 saturated heterocycles. The fourth-order valence-corrected chi connectivity index (χ4v) is 4.69. The van der Waals surface area contributed by atoms with Crippen LogP contribution in [-0.2, 0) is 20.9 Å². The van der Waals surface area contributed by atoms with E-state index in [-0.39, 0.29) is 19.1 Å². The van der Waals surface area contributed by atoms with Gasteiger partial charge in [-0.05, 0) is 39.9 Å². The van der Waals surface area contributed by atoms with Crippen LogP contribution in [0.4, 0.5) is 4.79 Å². The highest BCUT2D eigenvalue weighted by Crippen LogP contribution is 2.44. The molecule has 2 aromatic carbocycles. The lowest BCUT2D eigenvalue weighted by Gasteiger charge is -2.23. The number of hydrogen-bond donors (Lipinski definition) is 2. The molecule has 1 heterocycles. The molecule has 0 bridgehead atoms. The topological polar surface area (TPSA) is 109 Å². The third kappa shape index (κ3) is 5.04. The summed E-state index contributed by atoms with van der Waals surface area (Å²) in [6, 6.07) is 16.4. The zero-order valence-corrected chi connectivity index (χ0v) is 18.7. The molecule has 0 aliphatic heterocycles. The number of carboxylic acid groups (broad SMARTS) is 1. The van der Waals surface area contributed by atoms with Crippen molar-refractivity contribution in [3.63, 3.8) is 0 Å². The lowest BCUT2D eigenvalue weighted by atomic mass is 9.98. The SMILES string of the molecule is CN(Cc1ccns1)C(=O)C(CC(=O)O)NC(=O)OCC1c2ccccc2-c2ccccc21. The quantitative estimate of drug-likeness (QED) is 0.527. The number of benzene rings is 2. The van der Waals surface area contributed by atoms with Crippen LogP contribution in [0, 0.1) is 0 Å². The second-order valence-electron chi connectivity index (χ2n) is 7.79. The van der Waals surface area contributed by atoms with E-state index in [0.717, 1.165) is 27.1 Å². The van der Waals surface area contributed by atoms with Crippen molar-refractivity contribution in [2.24, 2.45) is 0 Å². The van der Waals surface area contributed by atoms with Gasteiger partial charge >= 0.3 is 12.1 Å². The highest BCUT2D eigenvalue weighted by molar-refractivity contribution is 7.05. The number of ether oxygens (including phenoxy) is 1. The van der Waals surface area contributed by atoms with E-state index in [1.807, 2.05) is 48.5 Å². The summed E-state index contributed by atoms with van der Waals surface area (Å²) in [5, 5.41) is 11.7. The Balaban J connectivity index is 1.42. The number of aliphatic carboxylic acids is 1. The van der Waals surface area contributed by atoms with E-state index in [9.17, 15) is 19.5 Å². The molecule has 1 atom stereocenters. The van der Waals surface area contributed by atoms with Crippen LogP contribution in [0.2, 0.25) is 0 Å². The van der Waals surface area contributed by atoms with Gasteiger partial charge in [-0.3, -0.25) is 9.59 Å². The molecule has 0 saturated carbocycles. The van der Waals surface area contributed by atoms with Crippen molar-refractivity contribution in [3.05, 3.63) is 76.8 Å². The van der Waals surface area contributed by atoms with E-state index in [4.69, 9.17) is 4.74 Å². The summed E-state index contributed by atoms with van der Waals surface area (Å²) >= 11 is 1.25. The summed E-state index contributed by atoms with van der Waals surface area (Å²) in [4.78, 5) is 38.9. The molecule has 1 aromatic heterocycles. The minimum Gasteiger partial charge on any atom is -0.481 e. The number of likely N-dealkylation sites (N-methyl/N-ethyl adjacent to an activating group) is 1. The van der Waals surface area contributed by atoms with Crippen LogP contribution in [0.3, 0.4) is 0 Å². The molecular weight excluding hydrogens is 442 g/mol. The number of fused-ring (bicyclic) bond motifs is 3. The number of amides is 2. The first kappa shape index (κ1) is 22.5. The first-order valence-electron chi connectivity index (χ1n) is 10.4. The van der Waals surface area contributed by atoms with E-state index in [2.05, 4.69) is 9.69 Å². The van der Waals surface area contributed by atoms with Crippen molar-refractivity contribution in [2.75, 3.05) is 13.7 Å². The number of carbonyl (C=O) groups is 3. The normalized spacial score (nSPS) is 13.0. The van der Waals surface area contributed by atoms with Gasteiger partial charge in [0.15, 0.2) is 0 Å². The Morgan fingerprint density at radius 2 is 1.73 bits per heavy atom. The van der Waals surface area contributed by atoms with E-state index in [1.165, 1.54) is 16.4 Å². The number of alkyl carbamates (subject to hydrolysis) is 1. The Morgan fingerprint density at radius 1 is 1.09 bits per heavy atom. The molecule has 3 aromatic rings. The molecule has 1 aliphatic rings. The molecule has 33 heavy (non-hydrogen) atoms. The molecule has 0 radical (unpaired) electrons. The number of carboxylic acids is 1. The predicted molar refractivity (Wildman–Crippen MR) is 123 cm³/mol. The summed E-state index contributed by atoms with van der Waals surface area (Å²) in [6.45, 7) is 0.344. The van der Waals surface area contributed by atoms with Gasteiger partial charge in [-0.15, -0.1) is 0 Å². The van der Waals surface area contributed by atoms with Crippen molar-refractivity contribution >= 4 is 29.5 Å². The van der Waals surface area contributed by atoms with Crippen LogP contribution in [0.15, 0.2) is 60.8 Å². The third-order valence-corrected chi connectivity index (χ3v) is 6.30. The molecule has 0 fully saturated rings. The molecule has 8 nitrogen and oxygen atoms in total. The van der Waals surface area contributed by atoms with E-state index < -0.39 is 30.4 Å². The van der Waals surface area contributed by atoms with E-state index in [1.54, 1.807) is 19.3 Å². The summed E-state index contributed by atoms with van der Waals surface area (Å²) in [7, 11) is 1.55. The molecule has 1 unspecified atom stereocenters. The smallest absolute Gasteiger partial charge is 0.407 e. The van der Waals surface area contributed by atoms with E-state index >= 15 is 0 Å². The van der Waals surface area contributed by atoms with Crippen LogP contribution < -0.4 is 5.32 Å². The van der Waals surface area contributed by atoms with Crippen molar-refractivity contribution < 1.29 is 24.2 Å².